The molecule has 2 fully saturated rings. The second-order valence-corrected chi connectivity index (χ2v) is 8.69. The predicted octanol–water partition coefficient (Wildman–Crippen LogP) is 2.00. The molecule has 3 aliphatic rings. The number of nitrogens with zero attached hydrogens (tertiary/aromatic N) is 2. The molecule has 0 radical (unpaired) electrons. The molecular formula is C23H32N4O4. The van der Waals surface area contributed by atoms with Gasteiger partial charge in [-0.05, 0) is 37.0 Å². The molecule has 0 aromatic heterocycles. The second-order valence-electron chi connectivity index (χ2n) is 8.69. The van der Waals surface area contributed by atoms with Crippen LogP contribution in [0.1, 0.15) is 48.9 Å². The van der Waals surface area contributed by atoms with Crippen molar-refractivity contribution in [2.75, 3.05) is 50.1 Å². The lowest BCUT2D eigenvalue weighted by Crippen LogP contribution is -2.47. The summed E-state index contributed by atoms with van der Waals surface area (Å²) in [6, 6.07) is 5.10. The first-order valence-corrected chi connectivity index (χ1v) is 11.3. The molecule has 1 aromatic carbocycles. The summed E-state index contributed by atoms with van der Waals surface area (Å²) >= 11 is 0. The van der Waals surface area contributed by atoms with Crippen LogP contribution >= 0.6 is 0 Å². The highest BCUT2D eigenvalue weighted by molar-refractivity contribution is 6.06. The first-order valence-electron chi connectivity index (χ1n) is 11.3. The molecule has 4 rings (SSSR count). The molecule has 8 heteroatoms. The molecule has 0 bridgehead atoms. The van der Waals surface area contributed by atoms with Crippen molar-refractivity contribution in [2.45, 2.75) is 44.6 Å². The van der Waals surface area contributed by atoms with Crippen LogP contribution in [0.2, 0.25) is 0 Å². The van der Waals surface area contributed by atoms with E-state index in [4.69, 9.17) is 4.74 Å². The minimum absolute atomic E-state index is 0.0433. The van der Waals surface area contributed by atoms with Crippen molar-refractivity contribution in [1.29, 1.82) is 0 Å². The smallest absolute Gasteiger partial charge is 0.254 e. The fraction of sp³-hybridized carbons (Fsp3) is 0.609. The maximum atomic E-state index is 13.1. The zero-order valence-corrected chi connectivity index (χ0v) is 18.2. The SMILES string of the molecule is COCC(=O)N1c2ccc(C(=O)N3CCNCC3)cc2NC(=O)CC1C1CCCCC1. The van der Waals surface area contributed by atoms with E-state index >= 15 is 0 Å². The third-order valence-corrected chi connectivity index (χ3v) is 6.64. The third-order valence-electron chi connectivity index (χ3n) is 6.64. The molecule has 8 nitrogen and oxygen atoms in total. The number of amides is 3. The number of rotatable bonds is 4. The largest absolute Gasteiger partial charge is 0.375 e. The van der Waals surface area contributed by atoms with Crippen molar-refractivity contribution >= 4 is 29.1 Å². The van der Waals surface area contributed by atoms with Gasteiger partial charge in [0.1, 0.15) is 6.61 Å². The number of fused-ring (bicyclic) bond motifs is 1. The molecule has 2 aliphatic heterocycles. The number of carbonyl (C=O) groups excluding carboxylic acids is 3. The summed E-state index contributed by atoms with van der Waals surface area (Å²) in [4.78, 5) is 42.5. The summed E-state index contributed by atoms with van der Waals surface area (Å²) in [6.45, 7) is 2.82. The van der Waals surface area contributed by atoms with Crippen LogP contribution in [0, 0.1) is 5.92 Å². The fourth-order valence-electron chi connectivity index (χ4n) is 5.10. The molecule has 1 aromatic rings. The molecule has 3 amide bonds. The Labute approximate surface area is 183 Å². The number of piperazine rings is 1. The highest BCUT2D eigenvalue weighted by atomic mass is 16.5. The van der Waals surface area contributed by atoms with Crippen LogP contribution in [0.4, 0.5) is 11.4 Å². The van der Waals surface area contributed by atoms with Gasteiger partial charge in [0.25, 0.3) is 11.8 Å². The van der Waals surface area contributed by atoms with E-state index in [1.807, 2.05) is 4.90 Å². The zero-order valence-electron chi connectivity index (χ0n) is 18.2. The highest BCUT2D eigenvalue weighted by Gasteiger charge is 2.38. The average molecular weight is 429 g/mol. The molecule has 168 valence electrons. The van der Waals surface area contributed by atoms with Gasteiger partial charge in [0.15, 0.2) is 0 Å². The Balaban J connectivity index is 1.68. The van der Waals surface area contributed by atoms with E-state index in [-0.39, 0.29) is 42.7 Å². The van der Waals surface area contributed by atoms with Crippen molar-refractivity contribution in [3.8, 4) is 0 Å². The van der Waals surface area contributed by atoms with Crippen LogP contribution in [-0.4, -0.2) is 68.6 Å². The maximum absolute atomic E-state index is 13.1. The number of benzene rings is 1. The van der Waals surface area contributed by atoms with Crippen molar-refractivity contribution < 1.29 is 19.1 Å². The van der Waals surface area contributed by atoms with Crippen LogP contribution in [-0.2, 0) is 14.3 Å². The Morgan fingerprint density at radius 3 is 2.58 bits per heavy atom. The first kappa shape index (κ1) is 21.8. The van der Waals surface area contributed by atoms with Crippen molar-refractivity contribution in [3.63, 3.8) is 0 Å². The van der Waals surface area contributed by atoms with E-state index in [1.54, 1.807) is 23.1 Å². The zero-order chi connectivity index (χ0) is 21.8. The van der Waals surface area contributed by atoms with Crippen molar-refractivity contribution in [3.05, 3.63) is 23.8 Å². The van der Waals surface area contributed by atoms with Gasteiger partial charge in [-0.1, -0.05) is 19.3 Å². The summed E-state index contributed by atoms with van der Waals surface area (Å²) in [5, 5.41) is 6.20. The summed E-state index contributed by atoms with van der Waals surface area (Å²) < 4.78 is 5.15. The molecule has 1 saturated heterocycles. The number of anilines is 2. The molecule has 0 spiro atoms. The van der Waals surface area contributed by atoms with Gasteiger partial charge >= 0.3 is 0 Å². The van der Waals surface area contributed by atoms with Crippen LogP contribution in [0.15, 0.2) is 18.2 Å². The van der Waals surface area contributed by atoms with Gasteiger partial charge in [-0.25, -0.2) is 0 Å². The molecule has 31 heavy (non-hydrogen) atoms. The standard InChI is InChI=1S/C23H32N4O4/c1-31-15-22(29)27-19-8-7-17(23(30)26-11-9-24-10-12-26)13-18(19)25-21(28)14-20(27)16-5-3-2-4-6-16/h7-8,13,16,20,24H,2-6,9-12,14-15H2,1H3,(H,25,28). The van der Waals surface area contributed by atoms with Gasteiger partial charge in [0.2, 0.25) is 5.91 Å². The number of carbonyl (C=O) groups is 3. The van der Waals surface area contributed by atoms with Gasteiger partial charge in [-0.3, -0.25) is 14.4 Å². The first-order chi connectivity index (χ1) is 15.1. The van der Waals surface area contributed by atoms with Gasteiger partial charge in [0.05, 0.1) is 11.4 Å². The Morgan fingerprint density at radius 2 is 1.87 bits per heavy atom. The number of ether oxygens (including phenoxy) is 1. The van der Waals surface area contributed by atoms with E-state index in [2.05, 4.69) is 10.6 Å². The molecule has 2 heterocycles. The maximum Gasteiger partial charge on any atom is 0.254 e. The quantitative estimate of drug-likeness (QED) is 0.766. The summed E-state index contributed by atoms with van der Waals surface area (Å²) in [5.41, 5.74) is 1.70. The number of hydrogen-bond acceptors (Lipinski definition) is 5. The van der Waals surface area contributed by atoms with Crippen LogP contribution in [0.5, 0.6) is 0 Å². The van der Waals surface area contributed by atoms with Gasteiger partial charge < -0.3 is 25.2 Å². The molecule has 2 N–H and O–H groups in total. The normalized spacial score (nSPS) is 22.5. The van der Waals surface area contributed by atoms with Crippen molar-refractivity contribution in [2.24, 2.45) is 5.92 Å². The van der Waals surface area contributed by atoms with E-state index in [0.717, 1.165) is 38.8 Å². The van der Waals surface area contributed by atoms with E-state index in [0.29, 0.717) is 30.0 Å². The topological polar surface area (TPSA) is 91.0 Å². The average Bonchev–Trinajstić information content (AvgIpc) is 2.95. The number of nitrogens with one attached hydrogen (secondary N) is 2. The van der Waals surface area contributed by atoms with E-state index in [1.165, 1.54) is 13.5 Å². The molecule has 1 aliphatic carbocycles. The van der Waals surface area contributed by atoms with Crippen LogP contribution in [0.3, 0.4) is 0 Å². The van der Waals surface area contributed by atoms with E-state index in [9.17, 15) is 14.4 Å². The van der Waals surface area contributed by atoms with Crippen molar-refractivity contribution in [1.82, 2.24) is 10.2 Å². The molecule has 1 unspecified atom stereocenters. The van der Waals surface area contributed by atoms with Gasteiger partial charge in [0, 0.05) is 51.3 Å². The minimum atomic E-state index is -0.195. The Hall–Kier alpha value is -2.45. The molecular weight excluding hydrogens is 396 g/mol. The monoisotopic (exact) mass is 428 g/mol. The summed E-state index contributed by atoms with van der Waals surface area (Å²) in [7, 11) is 1.50. The van der Waals surface area contributed by atoms with Crippen LogP contribution < -0.4 is 15.5 Å². The highest BCUT2D eigenvalue weighted by Crippen LogP contribution is 2.39. The predicted molar refractivity (Wildman–Crippen MR) is 118 cm³/mol. The summed E-state index contributed by atoms with van der Waals surface area (Å²) in [5.74, 6) is -0.0388. The minimum Gasteiger partial charge on any atom is -0.375 e. The molecule has 1 atom stereocenters. The summed E-state index contributed by atoms with van der Waals surface area (Å²) in [6.07, 6.45) is 5.75. The molecule has 1 saturated carbocycles. The van der Waals surface area contributed by atoms with Crippen LogP contribution in [0.25, 0.3) is 0 Å². The lowest BCUT2D eigenvalue weighted by molar-refractivity contribution is -0.123. The Bertz CT molecular complexity index is 831. The number of methoxy groups -OCH3 is 1. The lowest BCUT2D eigenvalue weighted by Gasteiger charge is -2.37. The van der Waals surface area contributed by atoms with Gasteiger partial charge in [-0.2, -0.15) is 0 Å². The number of hydrogen-bond donors (Lipinski definition) is 2. The lowest BCUT2D eigenvalue weighted by atomic mass is 9.81. The van der Waals surface area contributed by atoms with E-state index < -0.39 is 0 Å². The third kappa shape index (κ3) is 4.75. The fourth-order valence-corrected chi connectivity index (χ4v) is 5.10. The second kappa shape index (κ2) is 9.78. The Morgan fingerprint density at radius 1 is 1.13 bits per heavy atom. The Kier molecular flexibility index (Phi) is 6.87. The van der Waals surface area contributed by atoms with Gasteiger partial charge in [-0.15, -0.1) is 0 Å².